The fourth-order valence-corrected chi connectivity index (χ4v) is 5.63. The summed E-state index contributed by atoms with van der Waals surface area (Å²) in [6, 6.07) is 30.5. The van der Waals surface area contributed by atoms with Crippen molar-refractivity contribution in [2.24, 2.45) is 4.99 Å². The van der Waals surface area contributed by atoms with E-state index in [1.165, 1.54) is 5.56 Å². The first kappa shape index (κ1) is 22.4. The molecule has 180 valence electrons. The quantitative estimate of drug-likeness (QED) is 0.321. The maximum Gasteiger partial charge on any atom is 0.322 e. The van der Waals surface area contributed by atoms with Crippen molar-refractivity contribution in [2.45, 2.75) is 31.4 Å². The van der Waals surface area contributed by atoms with Crippen molar-refractivity contribution in [3.8, 4) is 5.75 Å². The Morgan fingerprint density at radius 2 is 1.69 bits per heavy atom. The molecule has 0 radical (unpaired) electrons. The van der Waals surface area contributed by atoms with Gasteiger partial charge < -0.3 is 14.4 Å². The van der Waals surface area contributed by atoms with E-state index in [0.29, 0.717) is 12.3 Å². The van der Waals surface area contributed by atoms with Gasteiger partial charge in [-0.15, -0.1) is 0 Å². The fourth-order valence-electron chi connectivity index (χ4n) is 5.63. The number of rotatable bonds is 5. The number of carbonyl (C=O) groups is 1. The lowest BCUT2D eigenvalue weighted by atomic mass is 9.75. The highest BCUT2D eigenvalue weighted by Gasteiger charge is 2.67. The van der Waals surface area contributed by atoms with Gasteiger partial charge in [-0.25, -0.2) is 0 Å². The molecule has 0 bridgehead atoms. The van der Waals surface area contributed by atoms with Crippen LogP contribution in [0.2, 0.25) is 0 Å². The average molecular weight is 477 g/mol. The van der Waals surface area contributed by atoms with Crippen LogP contribution in [0, 0.1) is 0 Å². The molecule has 2 aliphatic heterocycles. The maximum absolute atomic E-state index is 13.8. The number of anilines is 1. The van der Waals surface area contributed by atoms with E-state index in [1.807, 2.05) is 86.8 Å². The number of carbonyl (C=O) groups excluding carboxylic acids is 1. The van der Waals surface area contributed by atoms with E-state index in [0.717, 1.165) is 34.1 Å². The largest absolute Gasteiger partial charge is 0.465 e. The molecule has 5 heteroatoms. The van der Waals surface area contributed by atoms with Crippen LogP contribution in [0.5, 0.6) is 5.75 Å². The van der Waals surface area contributed by atoms with Crippen molar-refractivity contribution in [1.29, 1.82) is 0 Å². The highest BCUT2D eigenvalue weighted by atomic mass is 16.6. The van der Waals surface area contributed by atoms with E-state index in [9.17, 15) is 4.79 Å². The monoisotopic (exact) mass is 476 g/mol. The Morgan fingerprint density at radius 3 is 2.53 bits per heavy atom. The predicted octanol–water partition coefficient (Wildman–Crippen LogP) is 6.21. The molecule has 0 saturated carbocycles. The summed E-state index contributed by atoms with van der Waals surface area (Å²) in [5.74, 6) is 0.333. The van der Waals surface area contributed by atoms with Crippen LogP contribution in [-0.2, 0) is 21.4 Å². The highest BCUT2D eigenvalue weighted by Crippen LogP contribution is 2.55. The number of hydrogen-bond donors (Lipinski definition) is 0. The van der Waals surface area contributed by atoms with E-state index >= 15 is 0 Å². The second kappa shape index (κ2) is 8.52. The minimum Gasteiger partial charge on any atom is -0.465 e. The van der Waals surface area contributed by atoms with E-state index in [1.54, 1.807) is 0 Å². The van der Waals surface area contributed by atoms with Gasteiger partial charge in [-0.1, -0.05) is 78.9 Å². The van der Waals surface area contributed by atoms with E-state index < -0.39 is 11.1 Å². The molecule has 0 aliphatic carbocycles. The summed E-state index contributed by atoms with van der Waals surface area (Å²) >= 11 is 0. The van der Waals surface area contributed by atoms with Crippen LogP contribution in [0.4, 0.5) is 11.4 Å². The number of esters is 1. The van der Waals surface area contributed by atoms with Crippen LogP contribution in [-0.4, -0.2) is 31.1 Å². The molecule has 4 aromatic carbocycles. The highest BCUT2D eigenvalue weighted by molar-refractivity contribution is 6.03. The molecule has 2 aliphatic rings. The average Bonchev–Trinajstić information content (AvgIpc) is 3.12. The topological polar surface area (TPSA) is 51.1 Å². The van der Waals surface area contributed by atoms with Gasteiger partial charge in [-0.05, 0) is 48.9 Å². The number of benzene rings is 4. The molecule has 2 heterocycles. The molecule has 0 amide bonds. The standard InChI is InChI=1S/C31H28N2O3/c1-3-35-29(34)30(2)25-15-9-10-16-26(25)33(20-19-22-11-5-4-6-12-22)31(30)21-32-28-24-14-8-7-13-23(24)17-18-27(28)36-31/h4-18,21H,3,19-20H2,1-2H3. The van der Waals surface area contributed by atoms with Crippen molar-refractivity contribution in [3.05, 3.63) is 102 Å². The minimum absolute atomic E-state index is 0.287. The van der Waals surface area contributed by atoms with Crippen molar-refractivity contribution >= 4 is 34.3 Å². The van der Waals surface area contributed by atoms with Gasteiger partial charge in [-0.3, -0.25) is 9.79 Å². The lowest BCUT2D eigenvalue weighted by Crippen LogP contribution is -2.66. The van der Waals surface area contributed by atoms with Gasteiger partial charge in [0.1, 0.15) is 11.4 Å². The van der Waals surface area contributed by atoms with Gasteiger partial charge in [0.2, 0.25) is 5.72 Å². The molecule has 2 atom stereocenters. The number of nitrogens with zero attached hydrogens (tertiary/aromatic N) is 2. The van der Waals surface area contributed by atoms with Crippen molar-refractivity contribution in [2.75, 3.05) is 18.1 Å². The summed E-state index contributed by atoms with van der Waals surface area (Å²) < 4.78 is 12.6. The minimum atomic E-state index is -1.17. The Bertz CT molecular complexity index is 1480. The van der Waals surface area contributed by atoms with Crippen LogP contribution in [0.1, 0.15) is 25.0 Å². The van der Waals surface area contributed by atoms with Crippen LogP contribution < -0.4 is 9.64 Å². The molecule has 2 unspecified atom stereocenters. The zero-order valence-electron chi connectivity index (χ0n) is 20.5. The van der Waals surface area contributed by atoms with Crippen LogP contribution >= 0.6 is 0 Å². The Kier molecular flexibility index (Phi) is 5.29. The second-order valence-electron chi connectivity index (χ2n) is 9.44. The van der Waals surface area contributed by atoms with Gasteiger partial charge in [0, 0.05) is 17.6 Å². The molecule has 36 heavy (non-hydrogen) atoms. The summed E-state index contributed by atoms with van der Waals surface area (Å²) in [4.78, 5) is 20.9. The Hall–Kier alpha value is -4.12. The van der Waals surface area contributed by atoms with Crippen molar-refractivity contribution in [3.63, 3.8) is 0 Å². The summed E-state index contributed by atoms with van der Waals surface area (Å²) in [6.45, 7) is 4.68. The van der Waals surface area contributed by atoms with Gasteiger partial charge in [0.05, 0.1) is 12.8 Å². The normalized spacial score (nSPS) is 21.8. The van der Waals surface area contributed by atoms with Gasteiger partial charge in [0.25, 0.3) is 0 Å². The maximum atomic E-state index is 13.8. The van der Waals surface area contributed by atoms with Crippen molar-refractivity contribution in [1.82, 2.24) is 0 Å². The number of aliphatic imine (C=N–C) groups is 1. The third kappa shape index (κ3) is 3.15. The van der Waals surface area contributed by atoms with E-state index in [-0.39, 0.29) is 12.6 Å². The number of hydrogen-bond acceptors (Lipinski definition) is 5. The molecular weight excluding hydrogens is 448 g/mol. The summed E-state index contributed by atoms with van der Waals surface area (Å²) in [7, 11) is 0. The molecule has 6 rings (SSSR count). The molecule has 0 aromatic heterocycles. The predicted molar refractivity (Wildman–Crippen MR) is 143 cm³/mol. The smallest absolute Gasteiger partial charge is 0.322 e. The lowest BCUT2D eigenvalue weighted by Gasteiger charge is -2.46. The molecule has 0 N–H and O–H groups in total. The first-order valence-electron chi connectivity index (χ1n) is 12.4. The first-order valence-corrected chi connectivity index (χ1v) is 12.4. The van der Waals surface area contributed by atoms with Crippen LogP contribution in [0.3, 0.4) is 0 Å². The molecule has 1 spiro atoms. The Morgan fingerprint density at radius 1 is 0.944 bits per heavy atom. The number of ether oxygens (including phenoxy) is 2. The van der Waals surface area contributed by atoms with Gasteiger partial charge in [0.15, 0.2) is 5.41 Å². The zero-order valence-corrected chi connectivity index (χ0v) is 20.5. The lowest BCUT2D eigenvalue weighted by molar-refractivity contribution is -0.155. The van der Waals surface area contributed by atoms with Crippen LogP contribution in [0.25, 0.3) is 10.8 Å². The molecule has 0 saturated heterocycles. The second-order valence-corrected chi connectivity index (χ2v) is 9.44. The summed E-state index contributed by atoms with van der Waals surface area (Å²) in [5, 5.41) is 2.11. The number of para-hydroxylation sites is 1. The third-order valence-corrected chi connectivity index (χ3v) is 7.50. The first-order chi connectivity index (χ1) is 17.6. The SMILES string of the molecule is CCOC(=O)C1(C)c2ccccc2N(CCc2ccccc2)C12C=Nc1c(ccc3ccccc13)O2. The summed E-state index contributed by atoms with van der Waals surface area (Å²) in [6.07, 6.45) is 2.61. The van der Waals surface area contributed by atoms with E-state index in [2.05, 4.69) is 29.2 Å². The van der Waals surface area contributed by atoms with Gasteiger partial charge in [-0.2, -0.15) is 0 Å². The zero-order chi connectivity index (χ0) is 24.8. The molecule has 5 nitrogen and oxygen atoms in total. The fraction of sp³-hybridized carbons (Fsp3) is 0.226. The molecule has 4 aromatic rings. The summed E-state index contributed by atoms with van der Waals surface area (Å²) in [5.41, 5.74) is 1.54. The van der Waals surface area contributed by atoms with Gasteiger partial charge >= 0.3 is 5.97 Å². The Labute approximate surface area is 211 Å². The van der Waals surface area contributed by atoms with Crippen molar-refractivity contribution < 1.29 is 14.3 Å². The Balaban J connectivity index is 1.53. The van der Waals surface area contributed by atoms with E-state index in [4.69, 9.17) is 14.5 Å². The molecule has 0 fully saturated rings. The third-order valence-electron chi connectivity index (χ3n) is 7.50. The molecular formula is C31H28N2O3. The van der Waals surface area contributed by atoms with Crippen LogP contribution in [0.15, 0.2) is 96.0 Å². The number of fused-ring (bicyclic) bond motifs is 4.